The maximum absolute atomic E-state index is 11.7. The number of rotatable bonds is 5. The highest BCUT2D eigenvalue weighted by atomic mass is 16.3. The Balaban J connectivity index is 4.15. The van der Waals surface area contributed by atoms with Gasteiger partial charge >= 0.3 is 6.03 Å². The third-order valence-electron chi connectivity index (χ3n) is 1.73. The number of hydrogen-bond donors (Lipinski definition) is 3. The van der Waals surface area contributed by atoms with Crippen LogP contribution in [0.25, 0.3) is 0 Å². The molecule has 0 fully saturated rings. The van der Waals surface area contributed by atoms with Gasteiger partial charge in [0.1, 0.15) is 0 Å². The van der Waals surface area contributed by atoms with Crippen molar-refractivity contribution in [2.24, 2.45) is 0 Å². The molecule has 90 valence electrons. The van der Waals surface area contributed by atoms with E-state index in [4.69, 9.17) is 10.2 Å². The highest BCUT2D eigenvalue weighted by Gasteiger charge is 2.18. The summed E-state index contributed by atoms with van der Waals surface area (Å²) in [6.45, 7) is 6.42. The minimum Gasteiger partial charge on any atom is -0.396 e. The predicted molar refractivity (Wildman–Crippen MR) is 58.6 cm³/mol. The molecule has 0 atom stereocenters. The topological polar surface area (TPSA) is 72.8 Å². The number of hydrogen-bond acceptors (Lipinski definition) is 3. The molecule has 5 heteroatoms. The minimum absolute atomic E-state index is 0.0464. The lowest BCUT2D eigenvalue weighted by atomic mass is 10.1. The monoisotopic (exact) mass is 218 g/mol. The van der Waals surface area contributed by atoms with E-state index in [1.54, 1.807) is 0 Å². The van der Waals surface area contributed by atoms with Crippen LogP contribution >= 0.6 is 0 Å². The van der Waals surface area contributed by atoms with Crippen LogP contribution in [0.15, 0.2) is 0 Å². The van der Waals surface area contributed by atoms with Crippen molar-refractivity contribution in [3.05, 3.63) is 0 Å². The van der Waals surface area contributed by atoms with Gasteiger partial charge in [-0.2, -0.15) is 0 Å². The van der Waals surface area contributed by atoms with Gasteiger partial charge in [-0.1, -0.05) is 0 Å². The van der Waals surface area contributed by atoms with Crippen LogP contribution in [0.4, 0.5) is 4.79 Å². The molecule has 0 rings (SSSR count). The molecular weight excluding hydrogens is 196 g/mol. The average molecular weight is 218 g/mol. The second-order valence-electron chi connectivity index (χ2n) is 4.47. The molecule has 5 nitrogen and oxygen atoms in total. The van der Waals surface area contributed by atoms with E-state index in [0.717, 1.165) is 0 Å². The van der Waals surface area contributed by atoms with Crippen molar-refractivity contribution in [1.82, 2.24) is 10.2 Å². The smallest absolute Gasteiger partial charge is 0.317 e. The minimum atomic E-state index is -0.288. The van der Waals surface area contributed by atoms with Gasteiger partial charge in [0.05, 0.1) is 6.61 Å². The summed E-state index contributed by atoms with van der Waals surface area (Å²) in [6, 6.07) is -0.204. The van der Waals surface area contributed by atoms with E-state index in [-0.39, 0.29) is 24.8 Å². The Bertz CT molecular complexity index is 190. The van der Waals surface area contributed by atoms with Crippen LogP contribution < -0.4 is 5.32 Å². The SMILES string of the molecule is CC(C)(C)NC(=O)N(CCO)CCCO. The fraction of sp³-hybridized carbons (Fsp3) is 0.900. The summed E-state index contributed by atoms with van der Waals surface area (Å²) in [5.41, 5.74) is -0.288. The largest absolute Gasteiger partial charge is 0.396 e. The van der Waals surface area contributed by atoms with Gasteiger partial charge in [0.2, 0.25) is 0 Å². The van der Waals surface area contributed by atoms with Gasteiger partial charge in [0, 0.05) is 25.2 Å². The van der Waals surface area contributed by atoms with E-state index >= 15 is 0 Å². The van der Waals surface area contributed by atoms with Crippen LogP contribution in [-0.4, -0.2) is 53.0 Å². The molecule has 0 aliphatic rings. The van der Waals surface area contributed by atoms with Crippen molar-refractivity contribution in [1.29, 1.82) is 0 Å². The molecule has 0 saturated heterocycles. The Labute approximate surface area is 91.1 Å². The summed E-state index contributed by atoms with van der Waals surface area (Å²) in [4.78, 5) is 13.2. The zero-order valence-electron chi connectivity index (χ0n) is 9.79. The molecule has 0 aromatic carbocycles. The standard InChI is InChI=1S/C10H22N2O3/c1-10(2,3)11-9(15)12(6-8-14)5-4-7-13/h13-14H,4-8H2,1-3H3,(H,11,15). The van der Waals surface area contributed by atoms with Crippen LogP contribution in [0.3, 0.4) is 0 Å². The average Bonchev–Trinajstić information content (AvgIpc) is 2.09. The van der Waals surface area contributed by atoms with E-state index in [1.807, 2.05) is 20.8 Å². The normalized spacial score (nSPS) is 11.3. The third-order valence-corrected chi connectivity index (χ3v) is 1.73. The van der Waals surface area contributed by atoms with Crippen molar-refractivity contribution in [3.63, 3.8) is 0 Å². The van der Waals surface area contributed by atoms with Crippen molar-refractivity contribution in [2.45, 2.75) is 32.7 Å². The quantitative estimate of drug-likeness (QED) is 0.616. The van der Waals surface area contributed by atoms with E-state index in [2.05, 4.69) is 5.32 Å². The first-order valence-corrected chi connectivity index (χ1v) is 5.19. The fourth-order valence-corrected chi connectivity index (χ4v) is 1.10. The lowest BCUT2D eigenvalue weighted by Crippen LogP contribution is -2.49. The summed E-state index contributed by atoms with van der Waals surface area (Å²) in [5.74, 6) is 0. The highest BCUT2D eigenvalue weighted by molar-refractivity contribution is 5.74. The van der Waals surface area contributed by atoms with Crippen LogP contribution in [-0.2, 0) is 0 Å². The number of nitrogens with one attached hydrogen (secondary N) is 1. The van der Waals surface area contributed by atoms with Gasteiger partial charge in [0.25, 0.3) is 0 Å². The van der Waals surface area contributed by atoms with Crippen LogP contribution in [0.1, 0.15) is 27.2 Å². The first-order chi connectivity index (χ1) is 6.90. The number of aliphatic hydroxyl groups excluding tert-OH is 2. The Morgan fingerprint density at radius 2 is 1.80 bits per heavy atom. The van der Waals surface area contributed by atoms with Crippen molar-refractivity contribution in [2.75, 3.05) is 26.3 Å². The van der Waals surface area contributed by atoms with Gasteiger partial charge in [-0.25, -0.2) is 4.79 Å². The number of carbonyl (C=O) groups is 1. The van der Waals surface area contributed by atoms with Crippen molar-refractivity contribution < 1.29 is 15.0 Å². The zero-order chi connectivity index (χ0) is 11.9. The van der Waals surface area contributed by atoms with E-state index in [9.17, 15) is 4.79 Å². The number of nitrogens with zero attached hydrogens (tertiary/aromatic N) is 1. The highest BCUT2D eigenvalue weighted by Crippen LogP contribution is 2.01. The predicted octanol–water partition coefficient (Wildman–Crippen LogP) is 0.171. The van der Waals surface area contributed by atoms with E-state index < -0.39 is 0 Å². The van der Waals surface area contributed by atoms with Gasteiger partial charge in [0.15, 0.2) is 0 Å². The molecule has 0 radical (unpaired) electrons. The lowest BCUT2D eigenvalue weighted by Gasteiger charge is -2.27. The Kier molecular flexibility index (Phi) is 6.27. The molecule has 0 saturated carbocycles. The molecule has 0 spiro atoms. The lowest BCUT2D eigenvalue weighted by molar-refractivity contribution is 0.163. The number of urea groups is 1. The molecule has 2 amide bonds. The molecule has 0 unspecified atom stereocenters. The Morgan fingerprint density at radius 1 is 1.20 bits per heavy atom. The second-order valence-corrected chi connectivity index (χ2v) is 4.47. The summed E-state index contributed by atoms with van der Waals surface area (Å²) in [7, 11) is 0. The maximum Gasteiger partial charge on any atom is 0.317 e. The number of amides is 2. The summed E-state index contributed by atoms with van der Waals surface area (Å²) in [6.07, 6.45) is 0.525. The molecule has 15 heavy (non-hydrogen) atoms. The van der Waals surface area contributed by atoms with Crippen molar-refractivity contribution >= 4 is 6.03 Å². The summed E-state index contributed by atoms with van der Waals surface area (Å²) in [5, 5.41) is 20.3. The zero-order valence-corrected chi connectivity index (χ0v) is 9.79. The molecule has 0 bridgehead atoms. The first-order valence-electron chi connectivity index (χ1n) is 5.19. The van der Waals surface area contributed by atoms with Gasteiger partial charge in [-0.15, -0.1) is 0 Å². The van der Waals surface area contributed by atoms with Gasteiger partial charge in [-0.05, 0) is 27.2 Å². The van der Waals surface area contributed by atoms with Crippen LogP contribution in [0.2, 0.25) is 0 Å². The molecular formula is C10H22N2O3. The molecule has 0 aliphatic carbocycles. The molecule has 0 aromatic heterocycles. The first kappa shape index (κ1) is 14.2. The third kappa shape index (κ3) is 7.16. The molecule has 0 aliphatic heterocycles. The fourth-order valence-electron chi connectivity index (χ4n) is 1.10. The van der Waals surface area contributed by atoms with Crippen molar-refractivity contribution in [3.8, 4) is 0 Å². The van der Waals surface area contributed by atoms with Crippen LogP contribution in [0.5, 0.6) is 0 Å². The second kappa shape index (κ2) is 6.63. The Hall–Kier alpha value is -0.810. The number of carbonyl (C=O) groups excluding carboxylic acids is 1. The Morgan fingerprint density at radius 3 is 2.20 bits per heavy atom. The van der Waals surface area contributed by atoms with Gasteiger partial charge < -0.3 is 20.4 Å². The summed E-state index contributed by atoms with van der Waals surface area (Å²) < 4.78 is 0. The number of aliphatic hydroxyl groups is 2. The van der Waals surface area contributed by atoms with E-state index in [0.29, 0.717) is 19.5 Å². The molecule has 0 heterocycles. The van der Waals surface area contributed by atoms with Crippen LogP contribution in [0, 0.1) is 0 Å². The molecule has 0 aromatic rings. The van der Waals surface area contributed by atoms with E-state index in [1.165, 1.54) is 4.90 Å². The maximum atomic E-state index is 11.7. The summed E-state index contributed by atoms with van der Waals surface area (Å²) >= 11 is 0. The molecule has 3 N–H and O–H groups in total. The van der Waals surface area contributed by atoms with Gasteiger partial charge in [-0.3, -0.25) is 0 Å².